The Balaban J connectivity index is 2.42. The van der Waals surface area contributed by atoms with E-state index in [4.69, 9.17) is 4.74 Å². The molecule has 0 aromatic rings. The van der Waals surface area contributed by atoms with E-state index in [2.05, 4.69) is 4.74 Å². The molecule has 0 radical (unpaired) electrons. The quantitative estimate of drug-likeness (QED) is 0.528. The smallest absolute Gasteiger partial charge is 0.309 e. The van der Waals surface area contributed by atoms with Crippen molar-refractivity contribution in [3.63, 3.8) is 0 Å². The molecule has 0 heterocycles. The average molecular weight is 282 g/mol. The topological polar surface area (TPSA) is 69.7 Å². The molecule has 0 aromatic heterocycles. The van der Waals surface area contributed by atoms with Crippen LogP contribution in [0.5, 0.6) is 0 Å². The van der Waals surface area contributed by atoms with Crippen molar-refractivity contribution in [2.24, 2.45) is 11.8 Å². The van der Waals surface area contributed by atoms with Crippen LogP contribution in [0.25, 0.3) is 0 Å². The van der Waals surface area contributed by atoms with Gasteiger partial charge < -0.3 is 9.47 Å². The molecular formula is C15H22O5. The zero-order chi connectivity index (χ0) is 15.0. The summed E-state index contributed by atoms with van der Waals surface area (Å²) in [7, 11) is 1.35. The molecule has 0 bridgehead atoms. The molecule has 20 heavy (non-hydrogen) atoms. The monoisotopic (exact) mass is 282 g/mol. The number of carbonyl (C=O) groups is 3. The van der Waals surface area contributed by atoms with Gasteiger partial charge in [0, 0.05) is 18.8 Å². The minimum absolute atomic E-state index is 0.0576. The van der Waals surface area contributed by atoms with Crippen molar-refractivity contribution in [1.82, 2.24) is 0 Å². The van der Waals surface area contributed by atoms with Crippen molar-refractivity contribution in [1.29, 1.82) is 0 Å². The van der Waals surface area contributed by atoms with E-state index in [-0.39, 0.29) is 36.0 Å². The SMILES string of the molecule is CCOC(=O)C/C=C/C[C@H]1C(=O)CC[C@@H]1CC(=O)OC. The molecule has 1 aliphatic rings. The van der Waals surface area contributed by atoms with Crippen molar-refractivity contribution in [2.75, 3.05) is 13.7 Å². The fourth-order valence-electron chi connectivity index (χ4n) is 2.49. The van der Waals surface area contributed by atoms with Crippen LogP contribution in [0.15, 0.2) is 12.2 Å². The van der Waals surface area contributed by atoms with E-state index >= 15 is 0 Å². The zero-order valence-electron chi connectivity index (χ0n) is 12.1. The largest absolute Gasteiger partial charge is 0.469 e. The molecular weight excluding hydrogens is 260 g/mol. The highest BCUT2D eigenvalue weighted by Crippen LogP contribution is 2.34. The van der Waals surface area contributed by atoms with Gasteiger partial charge in [-0.1, -0.05) is 12.2 Å². The zero-order valence-corrected chi connectivity index (χ0v) is 12.1. The first-order valence-electron chi connectivity index (χ1n) is 6.98. The maximum absolute atomic E-state index is 11.8. The maximum atomic E-state index is 11.8. The fraction of sp³-hybridized carbons (Fsp3) is 0.667. The van der Waals surface area contributed by atoms with Crippen molar-refractivity contribution < 1.29 is 23.9 Å². The highest BCUT2D eigenvalue weighted by molar-refractivity contribution is 5.84. The van der Waals surface area contributed by atoms with Gasteiger partial charge in [0.05, 0.1) is 20.1 Å². The van der Waals surface area contributed by atoms with Gasteiger partial charge in [-0.15, -0.1) is 0 Å². The highest BCUT2D eigenvalue weighted by Gasteiger charge is 2.34. The first-order valence-corrected chi connectivity index (χ1v) is 6.98. The summed E-state index contributed by atoms with van der Waals surface area (Å²) in [4.78, 5) is 34.3. The number of ether oxygens (including phenoxy) is 2. The maximum Gasteiger partial charge on any atom is 0.309 e. The molecule has 1 aliphatic carbocycles. The summed E-state index contributed by atoms with van der Waals surface area (Å²) in [5, 5.41) is 0. The molecule has 5 nitrogen and oxygen atoms in total. The van der Waals surface area contributed by atoms with Gasteiger partial charge in [0.1, 0.15) is 5.78 Å². The van der Waals surface area contributed by atoms with Crippen LogP contribution in [0.1, 0.15) is 39.0 Å². The Kier molecular flexibility index (Phi) is 6.98. The van der Waals surface area contributed by atoms with Gasteiger partial charge in [0.15, 0.2) is 0 Å². The van der Waals surface area contributed by atoms with Crippen LogP contribution >= 0.6 is 0 Å². The number of hydrogen-bond acceptors (Lipinski definition) is 5. The predicted octanol–water partition coefficient (Wildman–Crippen LogP) is 2.04. The third-order valence-electron chi connectivity index (χ3n) is 3.55. The van der Waals surface area contributed by atoms with Crippen LogP contribution in [0.2, 0.25) is 0 Å². The summed E-state index contributed by atoms with van der Waals surface area (Å²) in [5.74, 6) is -0.424. The summed E-state index contributed by atoms with van der Waals surface area (Å²) >= 11 is 0. The Morgan fingerprint density at radius 1 is 1.30 bits per heavy atom. The summed E-state index contributed by atoms with van der Waals surface area (Å²) in [6.07, 6.45) is 5.89. The fourth-order valence-corrected chi connectivity index (χ4v) is 2.49. The molecule has 5 heteroatoms. The Bertz CT molecular complexity index is 386. The van der Waals surface area contributed by atoms with E-state index in [1.165, 1.54) is 7.11 Å². The molecule has 112 valence electrons. The summed E-state index contributed by atoms with van der Waals surface area (Å²) in [6, 6.07) is 0. The van der Waals surface area contributed by atoms with Crippen molar-refractivity contribution in [3.05, 3.63) is 12.2 Å². The number of rotatable bonds is 7. The highest BCUT2D eigenvalue weighted by atomic mass is 16.5. The third kappa shape index (κ3) is 5.15. The van der Waals surface area contributed by atoms with Gasteiger partial charge in [-0.3, -0.25) is 14.4 Å². The molecule has 0 saturated heterocycles. The van der Waals surface area contributed by atoms with Gasteiger partial charge in [-0.25, -0.2) is 0 Å². The van der Waals surface area contributed by atoms with Gasteiger partial charge in [-0.05, 0) is 25.7 Å². The van der Waals surface area contributed by atoms with Gasteiger partial charge in [0.2, 0.25) is 0 Å². The number of esters is 2. The summed E-state index contributed by atoms with van der Waals surface area (Å²) in [6.45, 7) is 2.13. The van der Waals surface area contributed by atoms with Crippen molar-refractivity contribution in [2.45, 2.75) is 39.0 Å². The van der Waals surface area contributed by atoms with Gasteiger partial charge in [0.25, 0.3) is 0 Å². The standard InChI is InChI=1S/C15H22O5/c1-3-20-14(17)7-5-4-6-12-11(8-9-13(12)16)10-15(18)19-2/h4-5,11-12H,3,6-10H2,1-2H3/b5-4+/t11-,12-/m1/s1. The van der Waals surface area contributed by atoms with Gasteiger partial charge in [-0.2, -0.15) is 0 Å². The molecule has 0 aromatic carbocycles. The molecule has 0 aliphatic heterocycles. The Morgan fingerprint density at radius 3 is 2.70 bits per heavy atom. The lowest BCUT2D eigenvalue weighted by molar-refractivity contribution is -0.143. The first kappa shape index (κ1) is 16.4. The molecule has 0 spiro atoms. The molecule has 1 fully saturated rings. The number of hydrogen-bond donors (Lipinski definition) is 0. The number of allylic oxidation sites excluding steroid dienone is 1. The third-order valence-corrected chi connectivity index (χ3v) is 3.55. The molecule has 1 saturated carbocycles. The van der Waals surface area contributed by atoms with Crippen LogP contribution in [0, 0.1) is 11.8 Å². The Morgan fingerprint density at radius 2 is 2.05 bits per heavy atom. The van der Waals surface area contributed by atoms with E-state index in [0.717, 1.165) is 6.42 Å². The normalized spacial score (nSPS) is 22.2. The van der Waals surface area contributed by atoms with Crippen molar-refractivity contribution in [3.8, 4) is 0 Å². The van der Waals surface area contributed by atoms with Crippen molar-refractivity contribution >= 4 is 17.7 Å². The van der Waals surface area contributed by atoms with E-state index in [1.54, 1.807) is 13.0 Å². The van der Waals surface area contributed by atoms with Gasteiger partial charge >= 0.3 is 11.9 Å². The second-order valence-electron chi connectivity index (χ2n) is 4.87. The first-order chi connectivity index (χ1) is 9.58. The van der Waals surface area contributed by atoms with Crippen LogP contribution < -0.4 is 0 Å². The number of methoxy groups -OCH3 is 1. The summed E-state index contributed by atoms with van der Waals surface area (Å²) < 4.78 is 9.46. The van der Waals surface area contributed by atoms with Crippen LogP contribution in [-0.2, 0) is 23.9 Å². The molecule has 1 rings (SSSR count). The number of Topliss-reactive ketones (excluding diaryl/α,β-unsaturated/α-hetero) is 1. The minimum atomic E-state index is -0.273. The second kappa shape index (κ2) is 8.51. The van der Waals surface area contributed by atoms with Crippen LogP contribution in [-0.4, -0.2) is 31.4 Å². The van der Waals surface area contributed by atoms with Crippen LogP contribution in [0.3, 0.4) is 0 Å². The van der Waals surface area contributed by atoms with E-state index < -0.39 is 0 Å². The predicted molar refractivity (Wildman–Crippen MR) is 72.9 cm³/mol. The summed E-state index contributed by atoms with van der Waals surface area (Å²) in [5.41, 5.74) is 0. The Hall–Kier alpha value is -1.65. The van der Waals surface area contributed by atoms with E-state index in [0.29, 0.717) is 25.9 Å². The van der Waals surface area contributed by atoms with E-state index in [9.17, 15) is 14.4 Å². The molecule has 0 unspecified atom stereocenters. The second-order valence-corrected chi connectivity index (χ2v) is 4.87. The average Bonchev–Trinajstić information content (AvgIpc) is 2.76. The van der Waals surface area contributed by atoms with E-state index in [1.807, 2.05) is 6.08 Å². The lowest BCUT2D eigenvalue weighted by Gasteiger charge is -2.15. The number of carbonyl (C=O) groups excluding carboxylic acids is 3. The number of ketones is 1. The molecule has 0 N–H and O–H groups in total. The van der Waals surface area contributed by atoms with Crippen LogP contribution in [0.4, 0.5) is 0 Å². The molecule has 0 amide bonds. The minimum Gasteiger partial charge on any atom is -0.469 e. The molecule has 2 atom stereocenters. The lowest BCUT2D eigenvalue weighted by Crippen LogP contribution is -2.18. The lowest BCUT2D eigenvalue weighted by atomic mass is 9.89. The Labute approximate surface area is 119 Å².